The molecule has 0 spiro atoms. The molecule has 2 N–H and O–H groups in total. The Kier molecular flexibility index (Phi) is 7.35. The molecular weight excluding hydrogens is 494 g/mol. The smallest absolute Gasteiger partial charge is 0.158 e. The normalized spacial score (nSPS) is 14.8. The van der Waals surface area contributed by atoms with Crippen molar-refractivity contribution < 1.29 is 9.47 Å². The van der Waals surface area contributed by atoms with Gasteiger partial charge in [0, 0.05) is 50.4 Å². The molecule has 1 aromatic carbocycles. The number of nitrogens with one attached hydrogen (secondary N) is 2. The number of hydrogen-bond acceptors (Lipinski definition) is 9. The number of pyridine rings is 1. The number of nitrogens with zero attached hydrogens (tertiary/aromatic N) is 7. The van der Waals surface area contributed by atoms with E-state index in [-0.39, 0.29) is 0 Å². The second-order valence-electron chi connectivity index (χ2n) is 9.87. The van der Waals surface area contributed by atoms with Gasteiger partial charge in [-0.25, -0.2) is 19.0 Å². The van der Waals surface area contributed by atoms with Gasteiger partial charge in [-0.2, -0.15) is 10.2 Å². The van der Waals surface area contributed by atoms with Crippen LogP contribution in [0.3, 0.4) is 0 Å². The van der Waals surface area contributed by atoms with E-state index in [1.807, 2.05) is 48.1 Å². The lowest BCUT2D eigenvalue weighted by Crippen LogP contribution is -2.43. The van der Waals surface area contributed by atoms with Crippen LogP contribution in [0.4, 0.5) is 11.5 Å². The number of rotatable bonds is 10. The second-order valence-corrected chi connectivity index (χ2v) is 9.87. The molecule has 4 aromatic heterocycles. The standard InChI is InChI=1S/C28H33N9O2/c1-20-15-23(3-4-25(20)39-24-8-13-36-26(16-24)30-18-32-36)34-28-27-21(5-12-37(27)33-19-31-28)17-35-10-6-22(7-11-35)29-9-14-38-2/h3-5,8,12-13,15-16,18-19,22,29H,6-7,9-11,14,17H2,1-2H3,(H,31,33,34). The minimum absolute atomic E-state index is 0.559. The maximum absolute atomic E-state index is 6.13. The molecule has 0 unspecified atom stereocenters. The van der Waals surface area contributed by atoms with E-state index in [9.17, 15) is 0 Å². The number of aryl methyl sites for hydroxylation is 1. The predicted molar refractivity (Wildman–Crippen MR) is 149 cm³/mol. The quantitative estimate of drug-likeness (QED) is 0.262. The van der Waals surface area contributed by atoms with E-state index in [1.165, 1.54) is 11.9 Å². The van der Waals surface area contributed by atoms with E-state index >= 15 is 0 Å². The highest BCUT2D eigenvalue weighted by molar-refractivity contribution is 5.76. The van der Waals surface area contributed by atoms with Crippen molar-refractivity contribution >= 4 is 22.7 Å². The number of likely N-dealkylation sites (tertiary alicyclic amines) is 1. The van der Waals surface area contributed by atoms with Gasteiger partial charge in [-0.05, 0) is 74.3 Å². The molecule has 1 aliphatic heterocycles. The summed E-state index contributed by atoms with van der Waals surface area (Å²) in [5.41, 5.74) is 4.89. The van der Waals surface area contributed by atoms with Crippen molar-refractivity contribution in [1.82, 2.24) is 39.4 Å². The Bertz CT molecular complexity index is 1560. The molecule has 5 heterocycles. The fraction of sp³-hybridized carbons (Fsp3) is 0.357. The molecule has 0 bridgehead atoms. The van der Waals surface area contributed by atoms with Gasteiger partial charge in [-0.1, -0.05) is 0 Å². The van der Waals surface area contributed by atoms with Crippen LogP contribution >= 0.6 is 0 Å². The van der Waals surface area contributed by atoms with Crippen molar-refractivity contribution in [2.45, 2.75) is 32.4 Å². The minimum Gasteiger partial charge on any atom is -0.457 e. The molecular formula is C28H33N9O2. The number of benzene rings is 1. The van der Waals surface area contributed by atoms with Crippen molar-refractivity contribution in [3.63, 3.8) is 0 Å². The molecule has 1 saturated heterocycles. The van der Waals surface area contributed by atoms with Crippen molar-refractivity contribution in [2.24, 2.45) is 0 Å². The average Bonchev–Trinajstić information content (AvgIpc) is 3.59. The first-order chi connectivity index (χ1) is 19.2. The molecule has 202 valence electrons. The molecule has 6 rings (SSSR count). The van der Waals surface area contributed by atoms with Crippen LogP contribution in [0.25, 0.3) is 11.2 Å². The first-order valence-electron chi connectivity index (χ1n) is 13.3. The molecule has 0 atom stereocenters. The van der Waals surface area contributed by atoms with Gasteiger partial charge in [0.15, 0.2) is 11.5 Å². The van der Waals surface area contributed by atoms with Gasteiger partial charge in [-0.15, -0.1) is 0 Å². The van der Waals surface area contributed by atoms with Crippen LogP contribution in [-0.2, 0) is 11.3 Å². The SMILES string of the molecule is COCCNC1CCN(Cc2ccn3ncnc(Nc4ccc(Oc5ccn6ncnc6c5)c(C)c4)c23)CC1. The third-order valence-corrected chi connectivity index (χ3v) is 7.18. The summed E-state index contributed by atoms with van der Waals surface area (Å²) in [5, 5.41) is 15.7. The zero-order valence-corrected chi connectivity index (χ0v) is 22.2. The summed E-state index contributed by atoms with van der Waals surface area (Å²) >= 11 is 0. The molecule has 0 aliphatic carbocycles. The Hall–Kier alpha value is -4.06. The van der Waals surface area contributed by atoms with Crippen LogP contribution in [0.2, 0.25) is 0 Å². The lowest BCUT2D eigenvalue weighted by atomic mass is 10.0. The third kappa shape index (κ3) is 5.70. The molecule has 11 heteroatoms. The van der Waals surface area contributed by atoms with E-state index in [1.54, 1.807) is 18.0 Å². The van der Waals surface area contributed by atoms with E-state index in [2.05, 4.69) is 47.8 Å². The monoisotopic (exact) mass is 527 g/mol. The fourth-order valence-electron chi connectivity index (χ4n) is 5.10. The van der Waals surface area contributed by atoms with Crippen LogP contribution in [-0.4, -0.2) is 73.5 Å². The molecule has 11 nitrogen and oxygen atoms in total. The summed E-state index contributed by atoms with van der Waals surface area (Å²) in [5.74, 6) is 2.27. The summed E-state index contributed by atoms with van der Waals surface area (Å²) in [7, 11) is 1.74. The second kappa shape index (κ2) is 11.4. The van der Waals surface area contributed by atoms with Crippen LogP contribution in [0.1, 0.15) is 24.0 Å². The number of piperidine rings is 1. The number of fused-ring (bicyclic) bond motifs is 2. The van der Waals surface area contributed by atoms with Crippen LogP contribution < -0.4 is 15.4 Å². The molecule has 1 aliphatic rings. The number of hydrogen-bond donors (Lipinski definition) is 2. The summed E-state index contributed by atoms with van der Waals surface area (Å²) in [6.45, 7) is 6.67. The maximum Gasteiger partial charge on any atom is 0.158 e. The average molecular weight is 528 g/mol. The highest BCUT2D eigenvalue weighted by Crippen LogP contribution is 2.30. The van der Waals surface area contributed by atoms with Crippen molar-refractivity contribution in [3.05, 3.63) is 72.6 Å². The van der Waals surface area contributed by atoms with Gasteiger partial charge in [0.1, 0.15) is 29.7 Å². The molecule has 0 amide bonds. The third-order valence-electron chi connectivity index (χ3n) is 7.18. The van der Waals surface area contributed by atoms with E-state index in [0.29, 0.717) is 11.8 Å². The van der Waals surface area contributed by atoms with E-state index in [4.69, 9.17) is 9.47 Å². The van der Waals surface area contributed by atoms with Crippen molar-refractivity contribution in [1.29, 1.82) is 0 Å². The molecule has 0 saturated carbocycles. The highest BCUT2D eigenvalue weighted by atomic mass is 16.5. The number of methoxy groups -OCH3 is 1. The summed E-state index contributed by atoms with van der Waals surface area (Å²) in [6, 6.07) is 12.5. The Morgan fingerprint density at radius 2 is 1.79 bits per heavy atom. The van der Waals surface area contributed by atoms with Crippen LogP contribution in [0.15, 0.2) is 61.4 Å². The first kappa shape index (κ1) is 25.2. The van der Waals surface area contributed by atoms with E-state index in [0.717, 1.165) is 79.6 Å². The van der Waals surface area contributed by atoms with Gasteiger partial charge in [0.25, 0.3) is 0 Å². The number of aromatic nitrogens is 6. The van der Waals surface area contributed by atoms with Crippen molar-refractivity contribution in [2.75, 3.05) is 38.7 Å². The van der Waals surface area contributed by atoms with E-state index < -0.39 is 0 Å². The molecule has 39 heavy (non-hydrogen) atoms. The zero-order chi connectivity index (χ0) is 26.6. The topological polar surface area (TPSA) is 106 Å². The Morgan fingerprint density at radius 1 is 0.974 bits per heavy atom. The molecule has 1 fully saturated rings. The minimum atomic E-state index is 0.559. The summed E-state index contributed by atoms with van der Waals surface area (Å²) in [6.07, 6.45) is 9.22. The maximum atomic E-state index is 6.13. The van der Waals surface area contributed by atoms with Crippen molar-refractivity contribution in [3.8, 4) is 11.5 Å². The van der Waals surface area contributed by atoms with Gasteiger partial charge in [0.05, 0.1) is 6.61 Å². The number of ether oxygens (including phenoxy) is 2. The van der Waals surface area contributed by atoms with Gasteiger partial charge >= 0.3 is 0 Å². The van der Waals surface area contributed by atoms with Crippen LogP contribution in [0, 0.1) is 6.92 Å². The van der Waals surface area contributed by atoms with Gasteiger partial charge in [-0.3, -0.25) is 4.90 Å². The molecule has 0 radical (unpaired) electrons. The highest BCUT2D eigenvalue weighted by Gasteiger charge is 2.21. The predicted octanol–water partition coefficient (Wildman–Crippen LogP) is 3.82. The summed E-state index contributed by atoms with van der Waals surface area (Å²) in [4.78, 5) is 11.3. The first-order valence-corrected chi connectivity index (χ1v) is 13.3. The fourth-order valence-corrected chi connectivity index (χ4v) is 5.10. The lowest BCUT2D eigenvalue weighted by molar-refractivity contribution is 0.169. The Labute approximate surface area is 226 Å². The largest absolute Gasteiger partial charge is 0.457 e. The van der Waals surface area contributed by atoms with Crippen LogP contribution in [0.5, 0.6) is 11.5 Å². The Morgan fingerprint density at radius 3 is 2.64 bits per heavy atom. The number of anilines is 2. The van der Waals surface area contributed by atoms with Gasteiger partial charge in [0.2, 0.25) is 0 Å². The Balaban J connectivity index is 1.14. The summed E-state index contributed by atoms with van der Waals surface area (Å²) < 4.78 is 14.9. The lowest BCUT2D eigenvalue weighted by Gasteiger charge is -2.32. The molecule has 5 aromatic rings. The van der Waals surface area contributed by atoms with Gasteiger partial charge < -0.3 is 20.1 Å². The zero-order valence-electron chi connectivity index (χ0n) is 22.2.